The highest BCUT2D eigenvalue weighted by atomic mass is 15.1. The van der Waals surface area contributed by atoms with Crippen molar-refractivity contribution in [3.8, 4) is 11.3 Å². The van der Waals surface area contributed by atoms with Crippen LogP contribution >= 0.6 is 0 Å². The number of rotatable bonds is 5. The fraction of sp³-hybridized carbons (Fsp3) is 0.357. The standard InChI is InChI=1S/C14H19N3/c1-3-12(4-2)16-13-7-5-6-11(10-13)14-8-9-15-17-14/h5-10,12,16H,3-4H2,1-2H3,(H,15,17). The summed E-state index contributed by atoms with van der Waals surface area (Å²) in [6.45, 7) is 4.42. The van der Waals surface area contributed by atoms with Crippen LogP contribution in [0.3, 0.4) is 0 Å². The molecule has 0 radical (unpaired) electrons. The van der Waals surface area contributed by atoms with Gasteiger partial charge in [-0.2, -0.15) is 5.10 Å². The molecular weight excluding hydrogens is 210 g/mol. The summed E-state index contributed by atoms with van der Waals surface area (Å²) in [7, 11) is 0. The van der Waals surface area contributed by atoms with Gasteiger partial charge in [0.2, 0.25) is 0 Å². The predicted octanol–water partition coefficient (Wildman–Crippen LogP) is 3.68. The zero-order chi connectivity index (χ0) is 12.1. The molecular formula is C14H19N3. The van der Waals surface area contributed by atoms with Crippen molar-refractivity contribution in [2.45, 2.75) is 32.7 Å². The minimum atomic E-state index is 0.548. The maximum Gasteiger partial charge on any atom is 0.0650 e. The molecule has 0 bridgehead atoms. The largest absolute Gasteiger partial charge is 0.382 e. The van der Waals surface area contributed by atoms with Crippen LogP contribution in [0.15, 0.2) is 36.5 Å². The highest BCUT2D eigenvalue weighted by Gasteiger charge is 2.04. The predicted molar refractivity (Wildman–Crippen MR) is 72.0 cm³/mol. The molecule has 1 aromatic heterocycles. The molecule has 0 aliphatic heterocycles. The quantitative estimate of drug-likeness (QED) is 0.821. The van der Waals surface area contributed by atoms with E-state index in [1.54, 1.807) is 6.20 Å². The molecule has 2 rings (SSSR count). The average molecular weight is 229 g/mol. The molecule has 2 aromatic rings. The number of nitrogens with zero attached hydrogens (tertiary/aromatic N) is 1. The zero-order valence-corrected chi connectivity index (χ0v) is 10.4. The Bertz CT molecular complexity index is 444. The number of H-pyrrole nitrogens is 1. The van der Waals surface area contributed by atoms with Gasteiger partial charge in [0, 0.05) is 23.5 Å². The van der Waals surface area contributed by atoms with Gasteiger partial charge in [-0.1, -0.05) is 26.0 Å². The number of hydrogen-bond donors (Lipinski definition) is 2. The van der Waals surface area contributed by atoms with Gasteiger partial charge >= 0.3 is 0 Å². The van der Waals surface area contributed by atoms with E-state index >= 15 is 0 Å². The molecule has 0 atom stereocenters. The fourth-order valence-corrected chi connectivity index (χ4v) is 1.92. The first-order valence-electron chi connectivity index (χ1n) is 6.19. The topological polar surface area (TPSA) is 40.7 Å². The summed E-state index contributed by atoms with van der Waals surface area (Å²) in [6, 6.07) is 11.0. The van der Waals surface area contributed by atoms with Crippen molar-refractivity contribution < 1.29 is 0 Å². The lowest BCUT2D eigenvalue weighted by Crippen LogP contribution is -2.16. The monoisotopic (exact) mass is 229 g/mol. The van der Waals surface area contributed by atoms with E-state index in [0.717, 1.165) is 18.5 Å². The van der Waals surface area contributed by atoms with Crippen molar-refractivity contribution in [1.82, 2.24) is 10.2 Å². The van der Waals surface area contributed by atoms with Gasteiger partial charge in [0.15, 0.2) is 0 Å². The van der Waals surface area contributed by atoms with E-state index in [4.69, 9.17) is 0 Å². The Balaban J connectivity index is 2.17. The van der Waals surface area contributed by atoms with Crippen LogP contribution in [0.2, 0.25) is 0 Å². The number of benzene rings is 1. The van der Waals surface area contributed by atoms with Crippen LogP contribution in [0.5, 0.6) is 0 Å². The van der Waals surface area contributed by atoms with E-state index in [0.29, 0.717) is 6.04 Å². The second-order valence-electron chi connectivity index (χ2n) is 4.21. The summed E-state index contributed by atoms with van der Waals surface area (Å²) < 4.78 is 0. The molecule has 1 heterocycles. The van der Waals surface area contributed by atoms with Gasteiger partial charge in [-0.15, -0.1) is 0 Å². The Morgan fingerprint density at radius 1 is 1.24 bits per heavy atom. The smallest absolute Gasteiger partial charge is 0.0650 e. The molecule has 17 heavy (non-hydrogen) atoms. The van der Waals surface area contributed by atoms with Crippen molar-refractivity contribution in [2.75, 3.05) is 5.32 Å². The lowest BCUT2D eigenvalue weighted by atomic mass is 10.1. The van der Waals surface area contributed by atoms with Gasteiger partial charge in [0.1, 0.15) is 0 Å². The molecule has 3 nitrogen and oxygen atoms in total. The van der Waals surface area contributed by atoms with E-state index in [9.17, 15) is 0 Å². The maximum absolute atomic E-state index is 3.98. The minimum absolute atomic E-state index is 0.548. The highest BCUT2D eigenvalue weighted by Crippen LogP contribution is 2.21. The van der Waals surface area contributed by atoms with Crippen LogP contribution in [0.1, 0.15) is 26.7 Å². The lowest BCUT2D eigenvalue weighted by Gasteiger charge is -2.16. The molecule has 0 aliphatic rings. The van der Waals surface area contributed by atoms with Gasteiger partial charge in [0.05, 0.1) is 5.69 Å². The van der Waals surface area contributed by atoms with Crippen LogP contribution in [-0.2, 0) is 0 Å². The van der Waals surface area contributed by atoms with Crippen LogP contribution in [0, 0.1) is 0 Å². The number of anilines is 1. The van der Waals surface area contributed by atoms with Gasteiger partial charge in [-0.25, -0.2) is 0 Å². The molecule has 0 spiro atoms. The summed E-state index contributed by atoms with van der Waals surface area (Å²) in [5.74, 6) is 0. The normalized spacial score (nSPS) is 10.8. The van der Waals surface area contributed by atoms with E-state index < -0.39 is 0 Å². The van der Waals surface area contributed by atoms with E-state index in [1.165, 1.54) is 11.3 Å². The lowest BCUT2D eigenvalue weighted by molar-refractivity contribution is 0.672. The summed E-state index contributed by atoms with van der Waals surface area (Å²) in [5, 5.41) is 10.5. The Morgan fingerprint density at radius 2 is 2.06 bits per heavy atom. The number of aromatic amines is 1. The summed E-state index contributed by atoms with van der Waals surface area (Å²) in [5.41, 5.74) is 3.39. The van der Waals surface area contributed by atoms with Crippen LogP contribution in [0.4, 0.5) is 5.69 Å². The first-order chi connectivity index (χ1) is 8.33. The van der Waals surface area contributed by atoms with Gasteiger partial charge in [-0.05, 0) is 31.0 Å². The summed E-state index contributed by atoms with van der Waals surface area (Å²) >= 11 is 0. The first kappa shape index (κ1) is 11.7. The van der Waals surface area contributed by atoms with Crippen molar-refractivity contribution in [3.63, 3.8) is 0 Å². The van der Waals surface area contributed by atoms with Crippen molar-refractivity contribution in [2.24, 2.45) is 0 Å². The van der Waals surface area contributed by atoms with Crippen molar-refractivity contribution in [1.29, 1.82) is 0 Å². The maximum atomic E-state index is 3.98. The second kappa shape index (κ2) is 5.53. The second-order valence-corrected chi connectivity index (χ2v) is 4.21. The number of nitrogens with one attached hydrogen (secondary N) is 2. The highest BCUT2D eigenvalue weighted by molar-refractivity contribution is 5.64. The van der Waals surface area contributed by atoms with E-state index in [-0.39, 0.29) is 0 Å². The third kappa shape index (κ3) is 2.87. The fourth-order valence-electron chi connectivity index (χ4n) is 1.92. The molecule has 2 N–H and O–H groups in total. The molecule has 0 amide bonds. The Hall–Kier alpha value is -1.77. The Morgan fingerprint density at radius 3 is 2.71 bits per heavy atom. The molecule has 0 saturated carbocycles. The number of hydrogen-bond acceptors (Lipinski definition) is 2. The zero-order valence-electron chi connectivity index (χ0n) is 10.4. The van der Waals surface area contributed by atoms with Crippen LogP contribution in [-0.4, -0.2) is 16.2 Å². The van der Waals surface area contributed by atoms with Crippen molar-refractivity contribution >= 4 is 5.69 Å². The first-order valence-corrected chi connectivity index (χ1v) is 6.19. The Labute approximate surface area is 102 Å². The third-order valence-corrected chi connectivity index (χ3v) is 3.03. The van der Waals surface area contributed by atoms with Gasteiger partial charge in [-0.3, -0.25) is 5.10 Å². The molecule has 0 saturated heterocycles. The molecule has 0 unspecified atom stereocenters. The third-order valence-electron chi connectivity index (χ3n) is 3.03. The molecule has 90 valence electrons. The summed E-state index contributed by atoms with van der Waals surface area (Å²) in [4.78, 5) is 0. The minimum Gasteiger partial charge on any atom is -0.382 e. The van der Waals surface area contributed by atoms with Crippen LogP contribution in [0.25, 0.3) is 11.3 Å². The molecule has 0 fully saturated rings. The average Bonchev–Trinajstić information content (AvgIpc) is 2.90. The summed E-state index contributed by atoms with van der Waals surface area (Å²) in [6.07, 6.45) is 4.06. The molecule has 0 aliphatic carbocycles. The van der Waals surface area contributed by atoms with Gasteiger partial charge < -0.3 is 5.32 Å². The number of aromatic nitrogens is 2. The van der Waals surface area contributed by atoms with Crippen molar-refractivity contribution in [3.05, 3.63) is 36.5 Å². The molecule has 1 aromatic carbocycles. The molecule has 3 heteroatoms. The van der Waals surface area contributed by atoms with E-state index in [1.807, 2.05) is 6.07 Å². The van der Waals surface area contributed by atoms with Crippen LogP contribution < -0.4 is 5.32 Å². The Kier molecular flexibility index (Phi) is 3.81. The SMILES string of the molecule is CCC(CC)Nc1cccc(-c2ccn[nH]2)c1. The van der Waals surface area contributed by atoms with Gasteiger partial charge in [0.25, 0.3) is 0 Å². The van der Waals surface area contributed by atoms with E-state index in [2.05, 4.69) is 53.6 Å².